The van der Waals surface area contributed by atoms with Crippen LogP contribution in [0.2, 0.25) is 0 Å². The van der Waals surface area contributed by atoms with Crippen LogP contribution in [0.25, 0.3) is 32.8 Å². The van der Waals surface area contributed by atoms with Gasteiger partial charge in [0.15, 0.2) is 0 Å². The lowest BCUT2D eigenvalue weighted by molar-refractivity contribution is 0.398. The van der Waals surface area contributed by atoms with Gasteiger partial charge in [-0.1, -0.05) is 77.3 Å². The lowest BCUT2D eigenvalue weighted by atomic mass is 9.78. The van der Waals surface area contributed by atoms with E-state index in [0.717, 1.165) is 46.4 Å². The van der Waals surface area contributed by atoms with Gasteiger partial charge in [-0.25, -0.2) is 0 Å². The molecule has 0 saturated carbocycles. The first-order chi connectivity index (χ1) is 15.4. The number of hydrogen-bond donors (Lipinski definition) is 0. The van der Waals surface area contributed by atoms with E-state index in [4.69, 9.17) is 25.4 Å². The van der Waals surface area contributed by atoms with Gasteiger partial charge < -0.3 is 4.74 Å². The second kappa shape index (κ2) is 7.38. The van der Waals surface area contributed by atoms with Gasteiger partial charge in [-0.05, 0) is 63.1 Å². The van der Waals surface area contributed by atoms with E-state index in [1.807, 2.05) is 0 Å². The Morgan fingerprint density at radius 3 is 2.24 bits per heavy atom. The third-order valence-corrected chi connectivity index (χ3v) is 6.21. The molecule has 1 aromatic heterocycles. The predicted molar refractivity (Wildman–Crippen MR) is 142 cm³/mol. The molecule has 33 heavy (non-hydrogen) atoms. The lowest BCUT2D eigenvalue weighted by Gasteiger charge is -2.29. The van der Waals surface area contributed by atoms with E-state index >= 15 is 0 Å². The molecule has 4 heteroatoms. The zero-order chi connectivity index (χ0) is 23.7. The smallest absolute Gasteiger partial charge is 0.140 e. The standard InChI is InChI=1S/C29H29B2NO/c1-28(2,3)14-16-11-19-23-22(12-16)33-26-20(25(23)32-27(31)24(19)30)13-17-9-7-8-10-18(17)21(26)15-29(4,5)6/h7-13H,14-15H2,1-6H3. The third-order valence-electron chi connectivity index (χ3n) is 6.21. The highest BCUT2D eigenvalue weighted by Crippen LogP contribution is 2.50. The molecule has 0 spiro atoms. The number of aromatic nitrogens is 1. The van der Waals surface area contributed by atoms with E-state index in [2.05, 4.69) is 84.0 Å². The van der Waals surface area contributed by atoms with Crippen molar-refractivity contribution < 1.29 is 4.74 Å². The van der Waals surface area contributed by atoms with Crippen LogP contribution in [0, 0.1) is 10.8 Å². The molecule has 1 aliphatic heterocycles. The minimum Gasteiger partial charge on any atom is -0.456 e. The highest BCUT2D eigenvalue weighted by molar-refractivity contribution is 6.52. The summed E-state index contributed by atoms with van der Waals surface area (Å²) in [5.74, 6) is 1.71. The molecule has 3 aromatic carbocycles. The largest absolute Gasteiger partial charge is 0.456 e. The molecule has 0 amide bonds. The molecule has 4 aromatic rings. The summed E-state index contributed by atoms with van der Waals surface area (Å²) in [5.41, 5.74) is 5.37. The van der Waals surface area contributed by atoms with Gasteiger partial charge in [-0.15, -0.1) is 0 Å². The molecular formula is C29H29B2NO. The normalized spacial score (nSPS) is 13.3. The molecule has 0 fully saturated rings. The molecule has 0 bridgehead atoms. The molecule has 1 aliphatic rings. The van der Waals surface area contributed by atoms with Crippen molar-refractivity contribution in [2.75, 3.05) is 0 Å². The van der Waals surface area contributed by atoms with E-state index in [1.165, 1.54) is 21.9 Å². The van der Waals surface area contributed by atoms with Crippen LogP contribution in [-0.2, 0) is 12.8 Å². The first kappa shape index (κ1) is 22.1. The van der Waals surface area contributed by atoms with Gasteiger partial charge in [0.25, 0.3) is 0 Å². The Hall–Kier alpha value is -2.74. The summed E-state index contributed by atoms with van der Waals surface area (Å²) in [6.45, 7) is 13.5. The fourth-order valence-corrected chi connectivity index (χ4v) is 5.01. The number of pyridine rings is 1. The monoisotopic (exact) mass is 429 g/mol. The molecule has 0 unspecified atom stereocenters. The van der Waals surface area contributed by atoms with Crippen molar-refractivity contribution in [3.05, 3.63) is 53.6 Å². The third kappa shape index (κ3) is 3.94. The summed E-state index contributed by atoms with van der Waals surface area (Å²) in [7, 11) is 12.8. The quantitative estimate of drug-likeness (QED) is 0.325. The molecule has 0 aliphatic carbocycles. The predicted octanol–water partition coefficient (Wildman–Crippen LogP) is 5.93. The Bertz CT molecular complexity index is 1420. The van der Waals surface area contributed by atoms with E-state index in [1.54, 1.807) is 0 Å². The van der Waals surface area contributed by atoms with Gasteiger partial charge in [0.05, 0.1) is 11.1 Å². The van der Waals surface area contributed by atoms with Gasteiger partial charge in [-0.2, -0.15) is 0 Å². The molecule has 5 rings (SSSR count). The van der Waals surface area contributed by atoms with E-state index in [9.17, 15) is 0 Å². The summed E-state index contributed by atoms with van der Waals surface area (Å²) in [5, 5.41) is 4.27. The van der Waals surface area contributed by atoms with Gasteiger partial charge in [0.2, 0.25) is 0 Å². The minimum absolute atomic E-state index is 0.0957. The summed E-state index contributed by atoms with van der Waals surface area (Å²) in [6.07, 6.45) is 1.80. The maximum atomic E-state index is 6.75. The van der Waals surface area contributed by atoms with Gasteiger partial charge in [-0.3, -0.25) is 4.98 Å². The maximum Gasteiger partial charge on any atom is 0.140 e. The van der Waals surface area contributed by atoms with Crippen LogP contribution in [0.4, 0.5) is 0 Å². The van der Waals surface area contributed by atoms with Crippen LogP contribution >= 0.6 is 0 Å². The molecule has 4 radical (unpaired) electrons. The second-order valence-corrected chi connectivity index (χ2v) is 11.8. The maximum absolute atomic E-state index is 6.75. The van der Waals surface area contributed by atoms with E-state index in [0.29, 0.717) is 11.1 Å². The van der Waals surface area contributed by atoms with Crippen LogP contribution in [0.15, 0.2) is 42.5 Å². The first-order valence-corrected chi connectivity index (χ1v) is 11.7. The van der Waals surface area contributed by atoms with Crippen molar-refractivity contribution in [2.45, 2.75) is 54.4 Å². The Morgan fingerprint density at radius 2 is 1.55 bits per heavy atom. The minimum atomic E-state index is 0.0957. The fraction of sp³-hybridized carbons (Fsp3) is 0.345. The van der Waals surface area contributed by atoms with Crippen LogP contribution in [0.1, 0.15) is 52.7 Å². The van der Waals surface area contributed by atoms with E-state index in [-0.39, 0.29) is 10.8 Å². The van der Waals surface area contributed by atoms with E-state index < -0.39 is 0 Å². The number of rotatable bonds is 2. The van der Waals surface area contributed by atoms with Crippen molar-refractivity contribution in [1.82, 2.24) is 4.98 Å². The Kier molecular flexibility index (Phi) is 4.94. The summed E-state index contributed by atoms with van der Waals surface area (Å²) >= 11 is 0. The van der Waals surface area contributed by atoms with Gasteiger partial charge >= 0.3 is 0 Å². The number of nitrogens with zero attached hydrogens (tertiary/aromatic N) is 1. The Labute approximate surface area is 199 Å². The van der Waals surface area contributed by atoms with Gasteiger partial charge in [0, 0.05) is 11.1 Å². The Balaban J connectivity index is 1.86. The number of hydrogen-bond acceptors (Lipinski definition) is 2. The molecule has 2 heterocycles. The zero-order valence-electron chi connectivity index (χ0n) is 20.5. The summed E-state index contributed by atoms with van der Waals surface area (Å²) < 4.78 is 6.75. The van der Waals surface area contributed by atoms with Crippen molar-refractivity contribution in [3.63, 3.8) is 0 Å². The van der Waals surface area contributed by atoms with Gasteiger partial charge in [0.1, 0.15) is 27.2 Å². The molecule has 2 nitrogen and oxygen atoms in total. The summed E-state index contributed by atoms with van der Waals surface area (Å²) in [4.78, 5) is 4.79. The molecule has 0 saturated heterocycles. The van der Waals surface area contributed by atoms with Crippen LogP contribution in [0.5, 0.6) is 11.5 Å². The summed E-state index contributed by atoms with van der Waals surface area (Å²) in [6, 6.07) is 15.0. The van der Waals surface area contributed by atoms with Crippen molar-refractivity contribution >= 4 is 48.3 Å². The van der Waals surface area contributed by atoms with Crippen molar-refractivity contribution in [2.24, 2.45) is 10.8 Å². The van der Waals surface area contributed by atoms with Crippen LogP contribution in [-0.4, -0.2) is 20.7 Å². The Morgan fingerprint density at radius 1 is 0.848 bits per heavy atom. The lowest BCUT2D eigenvalue weighted by Crippen LogP contribution is -2.31. The molecule has 162 valence electrons. The van der Waals surface area contributed by atoms with Crippen molar-refractivity contribution in [1.29, 1.82) is 0 Å². The van der Waals surface area contributed by atoms with Crippen molar-refractivity contribution in [3.8, 4) is 22.8 Å². The first-order valence-electron chi connectivity index (χ1n) is 11.7. The number of ether oxygens (including phenoxy) is 1. The highest BCUT2D eigenvalue weighted by atomic mass is 16.5. The second-order valence-electron chi connectivity index (χ2n) is 11.8. The molecule has 0 N–H and O–H groups in total. The number of fused-ring (bicyclic) bond motifs is 3. The van der Waals surface area contributed by atoms with Crippen LogP contribution in [0.3, 0.4) is 0 Å². The average Bonchev–Trinajstić information content (AvgIpc) is 2.70. The molecule has 0 atom stereocenters. The fourth-order valence-electron chi connectivity index (χ4n) is 5.01. The zero-order valence-corrected chi connectivity index (χ0v) is 20.5. The molecular weight excluding hydrogens is 400 g/mol. The average molecular weight is 429 g/mol. The van der Waals surface area contributed by atoms with Crippen LogP contribution < -0.4 is 15.8 Å². The topological polar surface area (TPSA) is 22.1 Å². The number of benzene rings is 3. The SMILES string of the molecule is [B]c1nc2c3c(cc(CC(C)(C)C)cc3c1[B])Oc1c-2cc2ccccc2c1CC(C)(C)C. The highest BCUT2D eigenvalue weighted by Gasteiger charge is 2.29.